The molecule has 0 atom stereocenters. The zero-order chi connectivity index (χ0) is 21.1. The van der Waals surface area contributed by atoms with Crippen molar-refractivity contribution in [3.63, 3.8) is 0 Å². The molecule has 1 saturated heterocycles. The molecule has 4 rings (SSSR count). The molecule has 0 unspecified atom stereocenters. The Labute approximate surface area is 177 Å². The van der Waals surface area contributed by atoms with Gasteiger partial charge in [-0.3, -0.25) is 0 Å². The van der Waals surface area contributed by atoms with Crippen LogP contribution >= 0.6 is 0 Å². The fraction of sp³-hybridized carbons (Fsp3) is 0.435. The minimum atomic E-state index is -0.461. The number of anilines is 2. The number of ether oxygens (including phenoxy) is 3. The molecule has 0 aliphatic carbocycles. The Kier molecular flexibility index (Phi) is 5.61. The van der Waals surface area contributed by atoms with Crippen LogP contribution in [0.4, 0.5) is 16.2 Å². The van der Waals surface area contributed by atoms with Crippen LogP contribution in [-0.4, -0.2) is 49.6 Å². The molecule has 2 aromatic carbocycles. The van der Waals surface area contributed by atoms with Gasteiger partial charge in [-0.05, 0) is 62.7 Å². The van der Waals surface area contributed by atoms with Crippen molar-refractivity contribution in [2.75, 3.05) is 43.2 Å². The van der Waals surface area contributed by atoms with Gasteiger partial charge in [-0.25, -0.2) is 4.79 Å². The Balaban J connectivity index is 1.27. The van der Waals surface area contributed by atoms with E-state index in [2.05, 4.69) is 34.5 Å². The van der Waals surface area contributed by atoms with Crippen LogP contribution in [0.1, 0.15) is 26.3 Å². The summed E-state index contributed by atoms with van der Waals surface area (Å²) in [5.74, 6) is 1.60. The maximum atomic E-state index is 12.2. The first-order valence-corrected chi connectivity index (χ1v) is 10.3. The van der Waals surface area contributed by atoms with Crippen LogP contribution in [0.2, 0.25) is 0 Å². The van der Waals surface area contributed by atoms with Crippen molar-refractivity contribution in [1.82, 2.24) is 4.90 Å². The van der Waals surface area contributed by atoms with Crippen LogP contribution in [0.25, 0.3) is 0 Å². The molecule has 2 heterocycles. The van der Waals surface area contributed by atoms with E-state index in [0.717, 1.165) is 41.5 Å². The van der Waals surface area contributed by atoms with E-state index < -0.39 is 5.60 Å². The van der Waals surface area contributed by atoms with Crippen molar-refractivity contribution in [1.29, 1.82) is 0 Å². The van der Waals surface area contributed by atoms with Crippen molar-refractivity contribution in [3.8, 4) is 11.5 Å². The molecule has 1 N–H and O–H groups in total. The van der Waals surface area contributed by atoms with E-state index in [1.165, 1.54) is 0 Å². The molecule has 2 aliphatic rings. The van der Waals surface area contributed by atoms with Crippen molar-refractivity contribution >= 4 is 17.5 Å². The molecular weight excluding hydrogens is 382 g/mol. The van der Waals surface area contributed by atoms with Gasteiger partial charge in [0.25, 0.3) is 0 Å². The molecule has 1 fully saturated rings. The highest BCUT2D eigenvalue weighted by molar-refractivity contribution is 5.68. The molecule has 0 bridgehead atoms. The van der Waals surface area contributed by atoms with E-state index in [1.54, 1.807) is 4.90 Å². The number of nitrogens with zero attached hydrogens (tertiary/aromatic N) is 2. The summed E-state index contributed by atoms with van der Waals surface area (Å²) < 4.78 is 16.3. The van der Waals surface area contributed by atoms with Crippen LogP contribution < -0.4 is 19.7 Å². The Morgan fingerprint density at radius 2 is 1.70 bits per heavy atom. The monoisotopic (exact) mass is 411 g/mol. The Morgan fingerprint density at radius 3 is 2.40 bits per heavy atom. The third-order valence-corrected chi connectivity index (χ3v) is 5.10. The van der Waals surface area contributed by atoms with Crippen molar-refractivity contribution < 1.29 is 19.0 Å². The quantitative estimate of drug-likeness (QED) is 0.818. The lowest BCUT2D eigenvalue weighted by Crippen LogP contribution is -2.50. The standard InChI is InChI=1S/C23H29N3O4/c1-23(2,3)30-22(27)26-12-10-25(11-13-26)19-7-5-18(6-8-19)24-15-17-4-9-20-21(14-17)29-16-28-20/h4-9,14,24H,10-13,15-16H2,1-3H3. The lowest BCUT2D eigenvalue weighted by molar-refractivity contribution is 0.0240. The first kappa shape index (κ1) is 20.2. The van der Waals surface area contributed by atoms with Gasteiger partial charge in [0.1, 0.15) is 5.60 Å². The summed E-state index contributed by atoms with van der Waals surface area (Å²) in [4.78, 5) is 16.3. The smallest absolute Gasteiger partial charge is 0.410 e. The van der Waals surface area contributed by atoms with E-state index in [0.29, 0.717) is 26.4 Å². The van der Waals surface area contributed by atoms with Gasteiger partial charge in [0.2, 0.25) is 6.79 Å². The Hall–Kier alpha value is -3.09. The van der Waals surface area contributed by atoms with Crippen molar-refractivity contribution in [2.24, 2.45) is 0 Å². The van der Waals surface area contributed by atoms with Gasteiger partial charge in [-0.15, -0.1) is 0 Å². The summed E-state index contributed by atoms with van der Waals surface area (Å²) in [6.45, 7) is 9.60. The lowest BCUT2D eigenvalue weighted by atomic mass is 10.2. The van der Waals surface area contributed by atoms with Gasteiger partial charge in [0.15, 0.2) is 11.5 Å². The predicted octanol–water partition coefficient (Wildman–Crippen LogP) is 4.08. The van der Waals surface area contributed by atoms with Crippen molar-refractivity contribution in [2.45, 2.75) is 32.9 Å². The van der Waals surface area contributed by atoms with Crippen molar-refractivity contribution in [3.05, 3.63) is 48.0 Å². The fourth-order valence-electron chi connectivity index (χ4n) is 3.52. The van der Waals surface area contributed by atoms with Gasteiger partial charge < -0.3 is 29.3 Å². The first-order valence-electron chi connectivity index (χ1n) is 10.3. The summed E-state index contributed by atoms with van der Waals surface area (Å²) in [6, 6.07) is 14.4. The zero-order valence-electron chi connectivity index (χ0n) is 17.8. The second-order valence-electron chi connectivity index (χ2n) is 8.54. The number of carbonyl (C=O) groups is 1. The largest absolute Gasteiger partial charge is 0.454 e. The summed E-state index contributed by atoms with van der Waals surface area (Å²) in [6.07, 6.45) is -0.231. The minimum absolute atomic E-state index is 0.231. The highest BCUT2D eigenvalue weighted by Crippen LogP contribution is 2.32. The molecule has 2 aliphatic heterocycles. The number of fused-ring (bicyclic) bond motifs is 1. The average molecular weight is 412 g/mol. The minimum Gasteiger partial charge on any atom is -0.454 e. The molecule has 0 spiro atoms. The van der Waals surface area contributed by atoms with E-state index in [1.807, 2.05) is 39.0 Å². The van der Waals surface area contributed by atoms with Gasteiger partial charge in [-0.1, -0.05) is 6.07 Å². The molecule has 0 aromatic heterocycles. The van der Waals surface area contributed by atoms with E-state index in [-0.39, 0.29) is 6.09 Å². The number of nitrogens with one attached hydrogen (secondary N) is 1. The summed E-state index contributed by atoms with van der Waals surface area (Å²) in [5.41, 5.74) is 2.90. The topological polar surface area (TPSA) is 63.3 Å². The Morgan fingerprint density at radius 1 is 1.00 bits per heavy atom. The SMILES string of the molecule is CC(C)(C)OC(=O)N1CCN(c2ccc(NCc3ccc4c(c3)OCO4)cc2)CC1. The maximum Gasteiger partial charge on any atom is 0.410 e. The van der Waals surface area contributed by atoms with Gasteiger partial charge in [0, 0.05) is 44.1 Å². The van der Waals surface area contributed by atoms with Gasteiger partial charge >= 0.3 is 6.09 Å². The summed E-state index contributed by atoms with van der Waals surface area (Å²) in [5, 5.41) is 3.44. The second kappa shape index (κ2) is 8.34. The number of piperazine rings is 1. The molecule has 1 amide bonds. The number of hydrogen-bond donors (Lipinski definition) is 1. The third kappa shape index (κ3) is 4.90. The maximum absolute atomic E-state index is 12.2. The number of rotatable bonds is 4. The molecule has 7 heteroatoms. The normalized spacial score (nSPS) is 15.8. The zero-order valence-corrected chi connectivity index (χ0v) is 17.8. The molecule has 160 valence electrons. The van der Waals surface area contributed by atoms with E-state index in [9.17, 15) is 4.79 Å². The Bertz CT molecular complexity index is 884. The van der Waals surface area contributed by atoms with Crippen LogP contribution in [0.3, 0.4) is 0 Å². The molecule has 0 saturated carbocycles. The number of hydrogen-bond acceptors (Lipinski definition) is 6. The highest BCUT2D eigenvalue weighted by Gasteiger charge is 2.25. The number of benzene rings is 2. The van der Waals surface area contributed by atoms with Gasteiger partial charge in [-0.2, -0.15) is 0 Å². The predicted molar refractivity (Wildman–Crippen MR) is 116 cm³/mol. The number of carbonyl (C=O) groups excluding carboxylic acids is 1. The molecule has 30 heavy (non-hydrogen) atoms. The molecular formula is C23H29N3O4. The number of amides is 1. The van der Waals surface area contributed by atoms with Crippen LogP contribution in [0.15, 0.2) is 42.5 Å². The van der Waals surface area contributed by atoms with Crippen LogP contribution in [0.5, 0.6) is 11.5 Å². The highest BCUT2D eigenvalue weighted by atomic mass is 16.7. The first-order chi connectivity index (χ1) is 14.4. The van der Waals surface area contributed by atoms with E-state index >= 15 is 0 Å². The van der Waals surface area contributed by atoms with Crippen LogP contribution in [0, 0.1) is 0 Å². The van der Waals surface area contributed by atoms with E-state index in [4.69, 9.17) is 14.2 Å². The second-order valence-corrected chi connectivity index (χ2v) is 8.54. The third-order valence-electron chi connectivity index (χ3n) is 5.10. The average Bonchev–Trinajstić information content (AvgIpc) is 3.19. The summed E-state index contributed by atoms with van der Waals surface area (Å²) >= 11 is 0. The molecule has 0 radical (unpaired) electrons. The summed E-state index contributed by atoms with van der Waals surface area (Å²) in [7, 11) is 0. The molecule has 2 aromatic rings. The van der Waals surface area contributed by atoms with Crippen LogP contribution in [-0.2, 0) is 11.3 Å². The molecule has 7 nitrogen and oxygen atoms in total. The fourth-order valence-corrected chi connectivity index (χ4v) is 3.52. The van der Waals surface area contributed by atoms with Gasteiger partial charge in [0.05, 0.1) is 0 Å². The lowest BCUT2D eigenvalue weighted by Gasteiger charge is -2.36.